The summed E-state index contributed by atoms with van der Waals surface area (Å²) in [6.07, 6.45) is 4.45. The summed E-state index contributed by atoms with van der Waals surface area (Å²) in [7, 11) is 1.56. The number of ether oxygens (including phenoxy) is 1. The molecule has 0 atom stereocenters. The van der Waals surface area contributed by atoms with Crippen LogP contribution in [0.2, 0.25) is 0 Å². The Morgan fingerprint density at radius 2 is 2.20 bits per heavy atom. The van der Waals surface area contributed by atoms with Crippen LogP contribution in [-0.2, 0) is 4.79 Å². The molecule has 1 amide bonds. The molecule has 6 nitrogen and oxygen atoms in total. The molecule has 8 heteroatoms. The summed E-state index contributed by atoms with van der Waals surface area (Å²) in [6, 6.07) is 1.97. The molecule has 1 N–H and O–H groups in total. The van der Waals surface area contributed by atoms with Gasteiger partial charge < -0.3 is 4.74 Å². The number of halogens is 2. The maximum Gasteiger partial charge on any atom is 0.248 e. The molecular weight excluding hydrogens is 330 g/mol. The first kappa shape index (κ1) is 16.2. The Morgan fingerprint density at radius 3 is 2.80 bits per heavy atom. The summed E-state index contributed by atoms with van der Waals surface area (Å²) in [4.78, 5) is 21.2. The fourth-order valence-corrected chi connectivity index (χ4v) is 3.58. The van der Waals surface area contributed by atoms with Gasteiger partial charge in [-0.1, -0.05) is 0 Å². The monoisotopic (exact) mass is 350 g/mol. The first-order valence-corrected chi connectivity index (χ1v) is 8.55. The number of hydrogen-bond donors (Lipinski definition) is 1. The SMILES string of the molecule is COc1ccnc2c1nc(NC(=O)CC1CC(F)(F)C1)n2C1CCC1. The third-order valence-electron chi connectivity index (χ3n) is 5.10. The second kappa shape index (κ2) is 5.93. The van der Waals surface area contributed by atoms with Gasteiger partial charge in [0.2, 0.25) is 17.8 Å². The van der Waals surface area contributed by atoms with Gasteiger partial charge in [0.05, 0.1) is 7.11 Å². The smallest absolute Gasteiger partial charge is 0.248 e. The molecule has 0 radical (unpaired) electrons. The summed E-state index contributed by atoms with van der Waals surface area (Å²) in [5, 5.41) is 2.80. The van der Waals surface area contributed by atoms with Crippen LogP contribution in [0, 0.1) is 5.92 Å². The topological polar surface area (TPSA) is 69.0 Å². The van der Waals surface area contributed by atoms with Gasteiger partial charge in [0.25, 0.3) is 0 Å². The van der Waals surface area contributed by atoms with Crippen LogP contribution >= 0.6 is 0 Å². The van der Waals surface area contributed by atoms with Gasteiger partial charge in [0, 0.05) is 37.6 Å². The zero-order chi connectivity index (χ0) is 17.6. The Kier molecular flexibility index (Phi) is 3.85. The highest BCUT2D eigenvalue weighted by Crippen LogP contribution is 2.44. The van der Waals surface area contributed by atoms with Crippen LogP contribution in [0.25, 0.3) is 11.2 Å². The largest absolute Gasteiger partial charge is 0.494 e. The number of fused-ring (bicyclic) bond motifs is 1. The molecule has 2 aromatic rings. The van der Waals surface area contributed by atoms with E-state index in [0.717, 1.165) is 19.3 Å². The number of imidazole rings is 1. The molecule has 2 heterocycles. The second-order valence-electron chi connectivity index (χ2n) is 6.96. The number of amides is 1. The molecule has 0 saturated heterocycles. The van der Waals surface area contributed by atoms with Crippen molar-refractivity contribution in [2.45, 2.75) is 50.5 Å². The fraction of sp³-hybridized carbons (Fsp3) is 0.588. The summed E-state index contributed by atoms with van der Waals surface area (Å²) < 4.78 is 33.2. The van der Waals surface area contributed by atoms with E-state index >= 15 is 0 Å². The number of anilines is 1. The Hall–Kier alpha value is -2.25. The van der Waals surface area contributed by atoms with Crippen LogP contribution in [0.15, 0.2) is 12.3 Å². The van der Waals surface area contributed by atoms with E-state index in [-0.39, 0.29) is 37.1 Å². The molecule has 0 unspecified atom stereocenters. The molecular formula is C17H20F2N4O2. The van der Waals surface area contributed by atoms with Gasteiger partial charge in [-0.05, 0) is 25.2 Å². The average Bonchev–Trinajstić information content (AvgIpc) is 2.82. The maximum absolute atomic E-state index is 12.9. The Bertz CT molecular complexity index is 808. The van der Waals surface area contributed by atoms with Crippen molar-refractivity contribution in [2.75, 3.05) is 12.4 Å². The molecule has 0 aliphatic heterocycles. The van der Waals surface area contributed by atoms with E-state index in [1.807, 2.05) is 4.57 Å². The zero-order valence-corrected chi connectivity index (χ0v) is 14.0. The average molecular weight is 350 g/mol. The van der Waals surface area contributed by atoms with Crippen LogP contribution < -0.4 is 10.1 Å². The molecule has 4 rings (SSSR count). The molecule has 25 heavy (non-hydrogen) atoms. The molecule has 2 saturated carbocycles. The van der Waals surface area contributed by atoms with Crippen molar-refractivity contribution in [3.05, 3.63) is 12.3 Å². The molecule has 0 aromatic carbocycles. The predicted octanol–water partition coefficient (Wildman–Crippen LogP) is 3.54. The van der Waals surface area contributed by atoms with E-state index in [0.29, 0.717) is 22.9 Å². The van der Waals surface area contributed by atoms with Gasteiger partial charge in [-0.15, -0.1) is 0 Å². The van der Waals surface area contributed by atoms with E-state index in [2.05, 4.69) is 15.3 Å². The standard InChI is InChI=1S/C17H20F2N4O2/c1-25-12-5-6-20-15-14(12)22-16(23(15)11-3-2-4-11)21-13(24)7-10-8-17(18,19)9-10/h5-6,10-11H,2-4,7-9H2,1H3,(H,21,22,24). The summed E-state index contributed by atoms with van der Waals surface area (Å²) in [5.74, 6) is -2.13. The van der Waals surface area contributed by atoms with Crippen molar-refractivity contribution >= 4 is 23.0 Å². The predicted molar refractivity (Wildman–Crippen MR) is 87.9 cm³/mol. The number of carbonyl (C=O) groups is 1. The number of rotatable bonds is 5. The third-order valence-corrected chi connectivity index (χ3v) is 5.10. The number of hydrogen-bond acceptors (Lipinski definition) is 4. The van der Waals surface area contributed by atoms with Crippen LogP contribution in [0.1, 0.15) is 44.6 Å². The van der Waals surface area contributed by atoms with Crippen molar-refractivity contribution in [3.63, 3.8) is 0 Å². The lowest BCUT2D eigenvalue weighted by Gasteiger charge is -2.34. The van der Waals surface area contributed by atoms with Gasteiger partial charge >= 0.3 is 0 Å². The van der Waals surface area contributed by atoms with Gasteiger partial charge in [-0.3, -0.25) is 14.7 Å². The number of nitrogens with zero attached hydrogens (tertiary/aromatic N) is 3. The summed E-state index contributed by atoms with van der Waals surface area (Å²) in [6.45, 7) is 0. The minimum Gasteiger partial charge on any atom is -0.494 e. The highest BCUT2D eigenvalue weighted by molar-refractivity contribution is 5.92. The van der Waals surface area contributed by atoms with Gasteiger partial charge in [0.1, 0.15) is 5.75 Å². The van der Waals surface area contributed by atoms with Gasteiger partial charge in [0.15, 0.2) is 11.2 Å². The fourth-order valence-electron chi connectivity index (χ4n) is 3.58. The van der Waals surface area contributed by atoms with E-state index < -0.39 is 5.92 Å². The van der Waals surface area contributed by atoms with Crippen molar-refractivity contribution in [2.24, 2.45) is 5.92 Å². The summed E-state index contributed by atoms with van der Waals surface area (Å²) in [5.41, 5.74) is 1.27. The number of nitrogens with one attached hydrogen (secondary N) is 1. The molecule has 2 aliphatic carbocycles. The first-order chi connectivity index (χ1) is 12.0. The summed E-state index contributed by atoms with van der Waals surface area (Å²) >= 11 is 0. The Labute approximate surface area is 143 Å². The van der Waals surface area contributed by atoms with E-state index in [4.69, 9.17) is 4.74 Å². The van der Waals surface area contributed by atoms with Crippen molar-refractivity contribution in [1.82, 2.24) is 14.5 Å². The number of methoxy groups -OCH3 is 1. The van der Waals surface area contributed by atoms with E-state index in [9.17, 15) is 13.6 Å². The second-order valence-corrected chi connectivity index (χ2v) is 6.96. The normalized spacial score (nSPS) is 20.1. The molecule has 2 aliphatic rings. The van der Waals surface area contributed by atoms with Crippen molar-refractivity contribution in [1.29, 1.82) is 0 Å². The Balaban J connectivity index is 1.59. The lowest BCUT2D eigenvalue weighted by molar-refractivity contribution is -0.129. The lowest BCUT2D eigenvalue weighted by atomic mass is 9.79. The number of alkyl halides is 2. The molecule has 0 spiro atoms. The van der Waals surface area contributed by atoms with Gasteiger partial charge in [-0.2, -0.15) is 0 Å². The van der Waals surface area contributed by atoms with Crippen LogP contribution in [0.4, 0.5) is 14.7 Å². The number of aromatic nitrogens is 3. The van der Waals surface area contributed by atoms with E-state index in [1.54, 1.807) is 19.4 Å². The molecule has 134 valence electrons. The number of pyridine rings is 1. The van der Waals surface area contributed by atoms with Crippen LogP contribution in [0.5, 0.6) is 5.75 Å². The third kappa shape index (κ3) is 2.94. The van der Waals surface area contributed by atoms with Gasteiger partial charge in [-0.25, -0.2) is 18.7 Å². The Morgan fingerprint density at radius 1 is 1.44 bits per heavy atom. The first-order valence-electron chi connectivity index (χ1n) is 8.55. The molecule has 2 aromatic heterocycles. The minimum atomic E-state index is -2.61. The quantitative estimate of drug-likeness (QED) is 0.895. The maximum atomic E-state index is 12.9. The minimum absolute atomic E-state index is 0.0913. The van der Waals surface area contributed by atoms with E-state index in [1.165, 1.54) is 0 Å². The zero-order valence-electron chi connectivity index (χ0n) is 14.0. The van der Waals surface area contributed by atoms with Crippen molar-refractivity contribution in [3.8, 4) is 5.75 Å². The van der Waals surface area contributed by atoms with Crippen LogP contribution in [-0.4, -0.2) is 33.5 Å². The molecule has 2 fully saturated rings. The number of carbonyl (C=O) groups excluding carboxylic acids is 1. The highest BCUT2D eigenvalue weighted by atomic mass is 19.3. The lowest BCUT2D eigenvalue weighted by Crippen LogP contribution is -2.37. The highest BCUT2D eigenvalue weighted by Gasteiger charge is 2.45. The molecule has 0 bridgehead atoms. The van der Waals surface area contributed by atoms with Crippen molar-refractivity contribution < 1.29 is 18.3 Å². The van der Waals surface area contributed by atoms with Crippen LogP contribution in [0.3, 0.4) is 0 Å².